The number of amides is 2. The van der Waals surface area contributed by atoms with Gasteiger partial charge in [-0.1, -0.05) is 55.1 Å². The lowest BCUT2D eigenvalue weighted by Gasteiger charge is -2.26. The van der Waals surface area contributed by atoms with Crippen molar-refractivity contribution in [1.29, 1.82) is 0 Å². The van der Waals surface area contributed by atoms with Crippen LogP contribution in [0.3, 0.4) is 0 Å². The zero-order valence-electron chi connectivity index (χ0n) is 14.2. The molecule has 0 radical (unpaired) electrons. The Morgan fingerprint density at radius 2 is 2.08 bits per heavy atom. The number of azide groups is 1. The third kappa shape index (κ3) is 4.59. The molecule has 1 aromatic rings. The molecule has 1 aliphatic rings. The molecule has 7 nitrogen and oxygen atoms in total. The van der Waals surface area contributed by atoms with Gasteiger partial charge in [0.25, 0.3) is 0 Å². The Morgan fingerprint density at radius 3 is 2.67 bits per heavy atom. The first kappa shape index (κ1) is 18.0. The lowest BCUT2D eigenvalue weighted by atomic mass is 10.1. The van der Waals surface area contributed by atoms with Crippen LogP contribution >= 0.6 is 0 Å². The maximum absolute atomic E-state index is 12.8. The molecule has 0 saturated carbocycles. The number of hydrogen-bond donors (Lipinski definition) is 0. The van der Waals surface area contributed by atoms with Crippen LogP contribution < -0.4 is 0 Å². The molecule has 1 saturated heterocycles. The van der Waals surface area contributed by atoms with Gasteiger partial charge in [0.05, 0.1) is 6.04 Å². The third-order valence-corrected chi connectivity index (χ3v) is 5.41. The van der Waals surface area contributed by atoms with E-state index in [0.29, 0.717) is 12.5 Å². The normalized spacial score (nSPS) is 18.7. The van der Waals surface area contributed by atoms with E-state index in [4.69, 9.17) is 10.3 Å². The summed E-state index contributed by atoms with van der Waals surface area (Å²) in [4.78, 5) is 28.8. The van der Waals surface area contributed by atoms with Crippen molar-refractivity contribution in [3.63, 3.8) is 0 Å². The Bertz CT molecular complexity index is 653. The van der Waals surface area contributed by atoms with Gasteiger partial charge >= 0.3 is 6.09 Å². The first-order valence-electron chi connectivity index (χ1n) is 7.90. The van der Waals surface area contributed by atoms with Gasteiger partial charge in [0.1, 0.15) is 12.6 Å². The molecule has 2 atom stereocenters. The summed E-state index contributed by atoms with van der Waals surface area (Å²) < 4.78 is 5.07. The minimum Gasteiger partial charge on any atom is -0.447 e. The average molecular weight is 346 g/mol. The van der Waals surface area contributed by atoms with E-state index in [1.54, 1.807) is 0 Å². The molecule has 1 aromatic carbocycles. The first-order valence-corrected chi connectivity index (χ1v) is 11.6. The van der Waals surface area contributed by atoms with Crippen LogP contribution in [0.2, 0.25) is 25.7 Å². The molecular formula is C16H22N4O3Si. The summed E-state index contributed by atoms with van der Waals surface area (Å²) in [6.07, 6.45) is -0.136. The number of rotatable bonds is 6. The number of carbonyl (C=O) groups excluding carboxylic acids is 2. The van der Waals surface area contributed by atoms with Crippen molar-refractivity contribution >= 4 is 20.1 Å². The van der Waals surface area contributed by atoms with E-state index < -0.39 is 26.1 Å². The van der Waals surface area contributed by atoms with Gasteiger partial charge in [0.15, 0.2) is 0 Å². The van der Waals surface area contributed by atoms with Crippen LogP contribution in [0.5, 0.6) is 0 Å². The Balaban J connectivity index is 2.19. The topological polar surface area (TPSA) is 95.4 Å². The second kappa shape index (κ2) is 7.50. The monoisotopic (exact) mass is 346 g/mol. The lowest BCUT2D eigenvalue weighted by Crippen LogP contribution is -2.46. The van der Waals surface area contributed by atoms with E-state index in [9.17, 15) is 9.59 Å². The summed E-state index contributed by atoms with van der Waals surface area (Å²) in [5, 5.41) is 3.65. The molecule has 2 amide bonds. The molecule has 1 aliphatic heterocycles. The number of ether oxygens (including phenoxy) is 1. The molecule has 0 unspecified atom stereocenters. The van der Waals surface area contributed by atoms with Crippen molar-refractivity contribution in [2.24, 2.45) is 5.11 Å². The Labute approximate surface area is 142 Å². The van der Waals surface area contributed by atoms with Crippen molar-refractivity contribution in [3.8, 4) is 0 Å². The molecule has 128 valence electrons. The fourth-order valence-electron chi connectivity index (χ4n) is 2.75. The van der Waals surface area contributed by atoms with Crippen LogP contribution in [0.4, 0.5) is 4.79 Å². The van der Waals surface area contributed by atoms with Gasteiger partial charge in [-0.15, -0.1) is 0 Å². The van der Waals surface area contributed by atoms with E-state index in [0.717, 1.165) is 10.5 Å². The highest BCUT2D eigenvalue weighted by atomic mass is 28.3. The quantitative estimate of drug-likeness (QED) is 0.341. The molecule has 0 spiro atoms. The molecule has 0 N–H and O–H groups in total. The van der Waals surface area contributed by atoms with Crippen molar-refractivity contribution in [2.75, 3.05) is 6.61 Å². The Kier molecular flexibility index (Phi) is 5.64. The molecule has 24 heavy (non-hydrogen) atoms. The summed E-state index contributed by atoms with van der Waals surface area (Å²) in [7, 11) is -1.65. The van der Waals surface area contributed by atoms with Gasteiger partial charge in [0.2, 0.25) is 5.91 Å². The van der Waals surface area contributed by atoms with E-state index in [2.05, 4.69) is 29.7 Å². The number of benzene rings is 1. The summed E-state index contributed by atoms with van der Waals surface area (Å²) in [5.41, 5.74) is 9.80. The van der Waals surface area contributed by atoms with Crippen molar-refractivity contribution in [1.82, 2.24) is 4.90 Å². The predicted octanol–water partition coefficient (Wildman–Crippen LogP) is 3.59. The maximum Gasteiger partial charge on any atom is 0.416 e. The summed E-state index contributed by atoms with van der Waals surface area (Å²) >= 11 is 0. The van der Waals surface area contributed by atoms with E-state index in [1.807, 2.05) is 30.3 Å². The maximum atomic E-state index is 12.8. The molecule has 0 bridgehead atoms. The van der Waals surface area contributed by atoms with Crippen LogP contribution in [0.15, 0.2) is 35.4 Å². The molecule has 0 aromatic heterocycles. The fraction of sp³-hybridized carbons (Fsp3) is 0.500. The third-order valence-electron chi connectivity index (χ3n) is 3.79. The zero-order valence-corrected chi connectivity index (χ0v) is 15.2. The van der Waals surface area contributed by atoms with E-state index in [1.165, 1.54) is 0 Å². The summed E-state index contributed by atoms with van der Waals surface area (Å²) in [6, 6.07) is 8.89. The molecule has 2 rings (SSSR count). The number of imide groups is 1. The predicted molar refractivity (Wildman–Crippen MR) is 93.2 cm³/mol. The minimum absolute atomic E-state index is 0.162. The van der Waals surface area contributed by atoms with Crippen LogP contribution in [0.25, 0.3) is 10.4 Å². The minimum atomic E-state index is -1.65. The SMILES string of the molecule is C[Si](C)(C)C[C@H](N=[N+]=[N-])C(=O)N1C(=O)OC[C@H]1Cc1ccccc1. The van der Waals surface area contributed by atoms with Gasteiger partial charge in [-0.05, 0) is 23.6 Å². The highest BCUT2D eigenvalue weighted by Crippen LogP contribution is 2.23. The Hall–Kier alpha value is -2.31. The van der Waals surface area contributed by atoms with E-state index in [-0.39, 0.29) is 12.6 Å². The molecule has 8 heteroatoms. The molecule has 1 heterocycles. The molecule has 0 aliphatic carbocycles. The zero-order chi connectivity index (χ0) is 17.7. The van der Waals surface area contributed by atoms with Gasteiger partial charge < -0.3 is 4.74 Å². The van der Waals surface area contributed by atoms with Gasteiger partial charge in [0, 0.05) is 13.0 Å². The molecular weight excluding hydrogens is 324 g/mol. The number of nitrogens with zero attached hydrogens (tertiary/aromatic N) is 4. The van der Waals surface area contributed by atoms with Crippen molar-refractivity contribution < 1.29 is 14.3 Å². The fourth-order valence-corrected chi connectivity index (χ4v) is 4.16. The van der Waals surface area contributed by atoms with Crippen LogP contribution in [-0.2, 0) is 16.0 Å². The standard InChI is InChI=1S/C16H22N4O3Si/c1-24(2,3)11-14(18-19-17)15(21)20-13(10-23-16(20)22)9-12-7-5-4-6-8-12/h4-8,13-14H,9-11H2,1-3H3/t13-,14+/m1/s1. The van der Waals surface area contributed by atoms with Gasteiger partial charge in [-0.25, -0.2) is 9.69 Å². The number of carbonyl (C=O) groups is 2. The van der Waals surface area contributed by atoms with Gasteiger partial charge in [-0.2, -0.15) is 0 Å². The summed E-state index contributed by atoms with van der Waals surface area (Å²) in [6.45, 7) is 6.42. The van der Waals surface area contributed by atoms with Crippen LogP contribution in [0.1, 0.15) is 5.56 Å². The smallest absolute Gasteiger partial charge is 0.416 e. The average Bonchev–Trinajstić information content (AvgIpc) is 2.86. The highest BCUT2D eigenvalue weighted by Gasteiger charge is 2.41. The van der Waals surface area contributed by atoms with Crippen molar-refractivity contribution in [2.45, 2.75) is 44.2 Å². The second-order valence-electron chi connectivity index (χ2n) is 7.11. The second-order valence-corrected chi connectivity index (χ2v) is 12.6. The van der Waals surface area contributed by atoms with Crippen LogP contribution in [0, 0.1) is 0 Å². The van der Waals surface area contributed by atoms with Crippen LogP contribution in [-0.4, -0.2) is 43.7 Å². The highest BCUT2D eigenvalue weighted by molar-refractivity contribution is 6.76. The Morgan fingerprint density at radius 1 is 1.42 bits per heavy atom. The van der Waals surface area contributed by atoms with Gasteiger partial charge in [-0.3, -0.25) is 4.79 Å². The molecule has 1 fully saturated rings. The number of cyclic esters (lactones) is 1. The van der Waals surface area contributed by atoms with Crippen molar-refractivity contribution in [3.05, 3.63) is 46.3 Å². The lowest BCUT2D eigenvalue weighted by molar-refractivity contribution is -0.130. The largest absolute Gasteiger partial charge is 0.447 e. The number of hydrogen-bond acceptors (Lipinski definition) is 4. The van der Waals surface area contributed by atoms with E-state index >= 15 is 0 Å². The first-order chi connectivity index (χ1) is 11.3. The summed E-state index contributed by atoms with van der Waals surface area (Å²) in [5.74, 6) is -0.460.